The minimum absolute atomic E-state index is 0.477. The Labute approximate surface area is 121 Å². The molecule has 112 valence electrons. The van der Waals surface area contributed by atoms with Crippen LogP contribution in [0.1, 0.15) is 38.4 Å². The van der Waals surface area contributed by atoms with Gasteiger partial charge in [0.15, 0.2) is 0 Å². The molecule has 0 spiro atoms. The molecule has 0 radical (unpaired) electrons. The smallest absolute Gasteiger partial charge is 0.117 e. The van der Waals surface area contributed by atoms with Gasteiger partial charge in [0.2, 0.25) is 0 Å². The molecule has 2 fully saturated rings. The van der Waals surface area contributed by atoms with Crippen LogP contribution in [0, 0.1) is 0 Å². The molecule has 1 saturated heterocycles. The number of nitrogens with one attached hydrogen (secondary N) is 1. The molecular formula is C16H26N2O2. The monoisotopic (exact) mass is 278 g/mol. The lowest BCUT2D eigenvalue weighted by Gasteiger charge is -2.46. The Balaban J connectivity index is 1.49. The van der Waals surface area contributed by atoms with Crippen LogP contribution in [-0.4, -0.2) is 42.8 Å². The third kappa shape index (κ3) is 3.25. The third-order valence-corrected chi connectivity index (χ3v) is 4.66. The van der Waals surface area contributed by atoms with Gasteiger partial charge in [0.25, 0.3) is 0 Å². The number of hydrogen-bond acceptors (Lipinski definition) is 4. The summed E-state index contributed by atoms with van der Waals surface area (Å²) in [5, 5.41) is 3.50. The minimum atomic E-state index is 0.477. The first-order chi connectivity index (χ1) is 9.84. The van der Waals surface area contributed by atoms with Gasteiger partial charge in [-0.05, 0) is 31.9 Å². The average Bonchev–Trinajstić information content (AvgIpc) is 3.00. The van der Waals surface area contributed by atoms with Crippen molar-refractivity contribution in [2.75, 3.05) is 19.7 Å². The Morgan fingerprint density at radius 2 is 2.30 bits per heavy atom. The van der Waals surface area contributed by atoms with Crippen LogP contribution in [0.4, 0.5) is 0 Å². The lowest BCUT2D eigenvalue weighted by Crippen LogP contribution is -2.57. The topological polar surface area (TPSA) is 37.6 Å². The molecule has 1 N–H and O–H groups in total. The Morgan fingerprint density at radius 3 is 3.15 bits per heavy atom. The molecule has 0 bridgehead atoms. The Morgan fingerprint density at radius 1 is 1.40 bits per heavy atom. The second kappa shape index (κ2) is 6.74. The first kappa shape index (κ1) is 14.1. The van der Waals surface area contributed by atoms with E-state index in [1.165, 1.54) is 25.7 Å². The van der Waals surface area contributed by atoms with Crippen molar-refractivity contribution in [3.63, 3.8) is 0 Å². The molecule has 2 heterocycles. The van der Waals surface area contributed by atoms with Crippen molar-refractivity contribution in [1.82, 2.24) is 10.2 Å². The van der Waals surface area contributed by atoms with Crippen LogP contribution in [0.2, 0.25) is 0 Å². The van der Waals surface area contributed by atoms with E-state index in [1.807, 2.05) is 12.1 Å². The summed E-state index contributed by atoms with van der Waals surface area (Å²) in [4.78, 5) is 2.66. The van der Waals surface area contributed by atoms with Crippen molar-refractivity contribution in [1.29, 1.82) is 0 Å². The molecule has 3 rings (SSSR count). The van der Waals surface area contributed by atoms with E-state index in [-0.39, 0.29) is 0 Å². The summed E-state index contributed by atoms with van der Waals surface area (Å²) < 4.78 is 11.3. The van der Waals surface area contributed by atoms with Crippen LogP contribution in [0.5, 0.6) is 0 Å². The number of rotatable bonds is 5. The van der Waals surface area contributed by atoms with Crippen molar-refractivity contribution < 1.29 is 9.15 Å². The lowest BCUT2D eigenvalue weighted by atomic mass is 9.89. The summed E-state index contributed by atoms with van der Waals surface area (Å²) in [6, 6.07) is 5.15. The van der Waals surface area contributed by atoms with Crippen LogP contribution in [0.25, 0.3) is 0 Å². The van der Waals surface area contributed by atoms with E-state index < -0.39 is 0 Å². The van der Waals surface area contributed by atoms with E-state index in [2.05, 4.69) is 17.1 Å². The van der Waals surface area contributed by atoms with Gasteiger partial charge in [0.1, 0.15) is 5.76 Å². The largest absolute Gasteiger partial charge is 0.468 e. The fourth-order valence-electron chi connectivity index (χ4n) is 3.61. The van der Waals surface area contributed by atoms with Crippen LogP contribution in [-0.2, 0) is 11.3 Å². The highest BCUT2D eigenvalue weighted by molar-refractivity contribution is 4.97. The molecule has 1 aromatic rings. The fourth-order valence-corrected chi connectivity index (χ4v) is 3.61. The molecule has 3 unspecified atom stereocenters. The first-order valence-electron chi connectivity index (χ1n) is 7.95. The van der Waals surface area contributed by atoms with Crippen LogP contribution < -0.4 is 5.32 Å². The van der Waals surface area contributed by atoms with E-state index in [0.29, 0.717) is 18.2 Å². The molecule has 20 heavy (non-hydrogen) atoms. The molecule has 1 aliphatic heterocycles. The predicted octanol–water partition coefficient (Wildman–Crippen LogP) is 2.40. The van der Waals surface area contributed by atoms with Crippen molar-refractivity contribution in [3.05, 3.63) is 24.2 Å². The summed E-state index contributed by atoms with van der Waals surface area (Å²) in [5.74, 6) is 1.01. The highest BCUT2D eigenvalue weighted by Gasteiger charge is 2.35. The number of ether oxygens (including phenoxy) is 1. The standard InChI is InChI=1S/C16H26N2O2/c1-13(11-17-12-14-5-4-9-19-14)18-8-10-20-16-7-3-2-6-15(16)18/h4-5,9,13,15-17H,2-3,6-8,10-12H2,1H3. The Hall–Kier alpha value is -0.840. The molecule has 1 aliphatic carbocycles. The fraction of sp³-hybridized carbons (Fsp3) is 0.750. The maximum absolute atomic E-state index is 5.95. The summed E-state index contributed by atoms with van der Waals surface area (Å²) in [5.41, 5.74) is 0. The van der Waals surface area contributed by atoms with Gasteiger partial charge in [0, 0.05) is 25.2 Å². The van der Waals surface area contributed by atoms with Gasteiger partial charge in [-0.25, -0.2) is 0 Å². The zero-order valence-electron chi connectivity index (χ0n) is 12.4. The Kier molecular flexibility index (Phi) is 4.76. The second-order valence-electron chi connectivity index (χ2n) is 6.06. The second-order valence-corrected chi connectivity index (χ2v) is 6.06. The van der Waals surface area contributed by atoms with E-state index in [0.717, 1.165) is 32.0 Å². The van der Waals surface area contributed by atoms with E-state index in [4.69, 9.17) is 9.15 Å². The Bertz CT molecular complexity index is 391. The van der Waals surface area contributed by atoms with Crippen molar-refractivity contribution in [3.8, 4) is 0 Å². The zero-order chi connectivity index (χ0) is 13.8. The van der Waals surface area contributed by atoms with Gasteiger partial charge < -0.3 is 14.5 Å². The van der Waals surface area contributed by atoms with Gasteiger partial charge in [-0.1, -0.05) is 12.8 Å². The van der Waals surface area contributed by atoms with Crippen LogP contribution >= 0.6 is 0 Å². The molecular weight excluding hydrogens is 252 g/mol. The number of hydrogen-bond donors (Lipinski definition) is 1. The van der Waals surface area contributed by atoms with Crippen LogP contribution in [0.3, 0.4) is 0 Å². The average molecular weight is 278 g/mol. The SMILES string of the molecule is CC(CNCc1ccco1)N1CCOC2CCCCC21. The van der Waals surface area contributed by atoms with Crippen molar-refractivity contribution >= 4 is 0 Å². The minimum Gasteiger partial charge on any atom is -0.468 e. The number of morpholine rings is 1. The molecule has 4 nitrogen and oxygen atoms in total. The zero-order valence-corrected chi connectivity index (χ0v) is 12.4. The predicted molar refractivity (Wildman–Crippen MR) is 78.6 cm³/mol. The van der Waals surface area contributed by atoms with Gasteiger partial charge in [0.05, 0.1) is 25.5 Å². The van der Waals surface area contributed by atoms with Crippen LogP contribution in [0.15, 0.2) is 22.8 Å². The van der Waals surface area contributed by atoms with Gasteiger partial charge in [-0.2, -0.15) is 0 Å². The summed E-state index contributed by atoms with van der Waals surface area (Å²) in [6.45, 7) is 6.11. The van der Waals surface area contributed by atoms with Gasteiger partial charge in [-0.15, -0.1) is 0 Å². The van der Waals surface area contributed by atoms with Gasteiger partial charge in [-0.3, -0.25) is 4.90 Å². The molecule has 4 heteroatoms. The quantitative estimate of drug-likeness (QED) is 0.897. The molecule has 1 aromatic heterocycles. The molecule has 1 saturated carbocycles. The van der Waals surface area contributed by atoms with E-state index >= 15 is 0 Å². The third-order valence-electron chi connectivity index (χ3n) is 4.66. The number of fused-ring (bicyclic) bond motifs is 1. The van der Waals surface area contributed by atoms with Crippen molar-refractivity contribution in [2.45, 2.75) is 57.3 Å². The molecule has 2 aliphatic rings. The summed E-state index contributed by atoms with van der Waals surface area (Å²) in [7, 11) is 0. The highest BCUT2D eigenvalue weighted by atomic mass is 16.5. The molecule has 0 amide bonds. The first-order valence-corrected chi connectivity index (χ1v) is 7.95. The maximum atomic E-state index is 5.95. The summed E-state index contributed by atoms with van der Waals surface area (Å²) >= 11 is 0. The lowest BCUT2D eigenvalue weighted by molar-refractivity contribution is -0.0998. The van der Waals surface area contributed by atoms with Gasteiger partial charge >= 0.3 is 0 Å². The normalized spacial score (nSPS) is 29.1. The number of nitrogens with zero attached hydrogens (tertiary/aromatic N) is 1. The maximum Gasteiger partial charge on any atom is 0.117 e. The van der Waals surface area contributed by atoms with E-state index in [1.54, 1.807) is 6.26 Å². The van der Waals surface area contributed by atoms with E-state index in [9.17, 15) is 0 Å². The highest BCUT2D eigenvalue weighted by Crippen LogP contribution is 2.29. The molecule has 3 atom stereocenters. The molecule has 0 aromatic carbocycles. The summed E-state index contributed by atoms with van der Waals surface area (Å²) in [6.07, 6.45) is 7.44. The van der Waals surface area contributed by atoms with Crippen molar-refractivity contribution in [2.24, 2.45) is 0 Å². The number of furan rings is 1.